The minimum atomic E-state index is -4.44. The van der Waals surface area contributed by atoms with Crippen molar-refractivity contribution in [3.05, 3.63) is 59.2 Å². The van der Waals surface area contributed by atoms with Crippen LogP contribution < -0.4 is 5.32 Å². The van der Waals surface area contributed by atoms with Crippen LogP contribution in [0.5, 0.6) is 11.5 Å². The fourth-order valence-electron chi connectivity index (χ4n) is 2.18. The third-order valence-corrected chi connectivity index (χ3v) is 3.39. The van der Waals surface area contributed by atoms with Crippen molar-refractivity contribution in [2.75, 3.05) is 6.54 Å². The van der Waals surface area contributed by atoms with Crippen LogP contribution in [-0.4, -0.2) is 22.7 Å². The molecule has 24 heavy (non-hydrogen) atoms. The van der Waals surface area contributed by atoms with Gasteiger partial charge in [-0.15, -0.1) is 0 Å². The highest BCUT2D eigenvalue weighted by Gasteiger charge is 2.30. The van der Waals surface area contributed by atoms with Gasteiger partial charge in [-0.3, -0.25) is 4.79 Å². The Bertz CT molecular complexity index is 729. The largest absolute Gasteiger partial charge is 0.504 e. The molecule has 0 aliphatic carbocycles. The Labute approximate surface area is 136 Å². The second kappa shape index (κ2) is 7.25. The van der Waals surface area contributed by atoms with Crippen LogP contribution in [0.3, 0.4) is 0 Å². The van der Waals surface area contributed by atoms with Gasteiger partial charge in [-0.2, -0.15) is 13.2 Å². The number of nitrogens with one attached hydrogen (secondary N) is 1. The second-order valence-electron chi connectivity index (χ2n) is 5.30. The van der Waals surface area contributed by atoms with Crippen LogP contribution in [0.25, 0.3) is 0 Å². The third kappa shape index (κ3) is 4.91. The van der Waals surface area contributed by atoms with Crippen LogP contribution in [0.4, 0.5) is 13.2 Å². The number of aromatic hydroxyl groups is 2. The van der Waals surface area contributed by atoms with Crippen LogP contribution in [0.1, 0.15) is 16.7 Å². The molecule has 0 saturated heterocycles. The predicted octanol–water partition coefficient (Wildman–Crippen LogP) is 3.02. The Morgan fingerprint density at radius 2 is 1.75 bits per heavy atom. The van der Waals surface area contributed by atoms with Gasteiger partial charge in [0.2, 0.25) is 5.91 Å². The van der Waals surface area contributed by atoms with Gasteiger partial charge in [0.25, 0.3) is 0 Å². The lowest BCUT2D eigenvalue weighted by molar-refractivity contribution is -0.137. The highest BCUT2D eigenvalue weighted by Crippen LogP contribution is 2.29. The molecule has 0 atom stereocenters. The first-order valence-corrected chi connectivity index (χ1v) is 7.19. The second-order valence-corrected chi connectivity index (χ2v) is 5.30. The Hall–Kier alpha value is -2.70. The zero-order chi connectivity index (χ0) is 17.7. The fraction of sp³-hybridized carbons (Fsp3) is 0.235. The standard InChI is InChI=1S/C17H16F3NO3/c18-17(19,20)13-3-1-2-12(8-13)10-16(24)21-7-6-11-4-5-14(22)15(23)9-11/h1-5,8-9,22-23H,6-7,10H2,(H,21,24). The number of carbonyl (C=O) groups excluding carboxylic acids is 1. The maximum Gasteiger partial charge on any atom is 0.416 e. The fourth-order valence-corrected chi connectivity index (χ4v) is 2.18. The average Bonchev–Trinajstić information content (AvgIpc) is 2.50. The summed E-state index contributed by atoms with van der Waals surface area (Å²) in [5, 5.41) is 21.2. The van der Waals surface area contributed by atoms with Gasteiger partial charge in [0, 0.05) is 6.54 Å². The molecule has 3 N–H and O–H groups in total. The first-order valence-electron chi connectivity index (χ1n) is 7.19. The van der Waals surface area contributed by atoms with Crippen LogP contribution in [-0.2, 0) is 23.8 Å². The van der Waals surface area contributed by atoms with Gasteiger partial charge in [-0.1, -0.05) is 24.3 Å². The summed E-state index contributed by atoms with van der Waals surface area (Å²) in [6, 6.07) is 8.98. The molecule has 2 aromatic rings. The van der Waals surface area contributed by atoms with E-state index in [2.05, 4.69) is 5.32 Å². The summed E-state index contributed by atoms with van der Waals surface area (Å²) in [6.07, 6.45) is -4.17. The summed E-state index contributed by atoms with van der Waals surface area (Å²) >= 11 is 0. The molecule has 0 bridgehead atoms. The van der Waals surface area contributed by atoms with Gasteiger partial charge in [-0.05, 0) is 35.7 Å². The summed E-state index contributed by atoms with van der Waals surface area (Å²) in [7, 11) is 0. The Morgan fingerprint density at radius 1 is 1.00 bits per heavy atom. The summed E-state index contributed by atoms with van der Waals surface area (Å²) in [5.41, 5.74) is 0.210. The molecule has 0 unspecified atom stereocenters. The van der Waals surface area contributed by atoms with E-state index in [-0.39, 0.29) is 30.0 Å². The van der Waals surface area contributed by atoms with Crippen molar-refractivity contribution >= 4 is 5.91 Å². The molecule has 0 aliphatic rings. The van der Waals surface area contributed by atoms with Crippen molar-refractivity contribution in [2.24, 2.45) is 0 Å². The maximum atomic E-state index is 12.6. The number of hydrogen-bond acceptors (Lipinski definition) is 3. The number of rotatable bonds is 5. The van der Waals surface area contributed by atoms with Gasteiger partial charge in [0.05, 0.1) is 12.0 Å². The van der Waals surface area contributed by atoms with Crippen molar-refractivity contribution in [1.29, 1.82) is 0 Å². The van der Waals surface area contributed by atoms with Crippen LogP contribution >= 0.6 is 0 Å². The first-order chi connectivity index (χ1) is 11.3. The molecule has 0 saturated carbocycles. The number of phenols is 2. The van der Waals surface area contributed by atoms with Crippen molar-refractivity contribution in [3.63, 3.8) is 0 Å². The van der Waals surface area contributed by atoms with E-state index in [0.29, 0.717) is 12.0 Å². The number of benzene rings is 2. The Morgan fingerprint density at radius 3 is 2.42 bits per heavy atom. The monoisotopic (exact) mass is 339 g/mol. The van der Waals surface area contributed by atoms with Crippen molar-refractivity contribution in [1.82, 2.24) is 5.32 Å². The number of amides is 1. The number of phenolic OH excluding ortho intramolecular Hbond substituents is 2. The van der Waals surface area contributed by atoms with Gasteiger partial charge < -0.3 is 15.5 Å². The lowest BCUT2D eigenvalue weighted by atomic mass is 10.1. The van der Waals surface area contributed by atoms with E-state index in [1.807, 2.05) is 0 Å². The van der Waals surface area contributed by atoms with Crippen molar-refractivity contribution < 1.29 is 28.2 Å². The minimum Gasteiger partial charge on any atom is -0.504 e. The summed E-state index contributed by atoms with van der Waals surface area (Å²) in [4.78, 5) is 11.8. The van der Waals surface area contributed by atoms with E-state index >= 15 is 0 Å². The molecule has 0 heterocycles. The zero-order valence-electron chi connectivity index (χ0n) is 12.6. The van der Waals surface area contributed by atoms with Crippen LogP contribution in [0.2, 0.25) is 0 Å². The molecule has 128 valence electrons. The zero-order valence-corrected chi connectivity index (χ0v) is 12.6. The first kappa shape index (κ1) is 17.7. The predicted molar refractivity (Wildman–Crippen MR) is 81.6 cm³/mol. The molecule has 0 radical (unpaired) electrons. The molecule has 4 nitrogen and oxygen atoms in total. The van der Waals surface area contributed by atoms with E-state index < -0.39 is 17.6 Å². The smallest absolute Gasteiger partial charge is 0.416 e. The molecular weight excluding hydrogens is 323 g/mol. The van der Waals surface area contributed by atoms with Crippen molar-refractivity contribution in [2.45, 2.75) is 19.0 Å². The van der Waals surface area contributed by atoms with Gasteiger partial charge in [0.1, 0.15) is 0 Å². The molecule has 2 rings (SSSR count). The molecule has 0 fully saturated rings. The number of hydrogen-bond donors (Lipinski definition) is 3. The summed E-state index contributed by atoms with van der Waals surface area (Å²) in [5.74, 6) is -0.868. The number of carbonyl (C=O) groups is 1. The third-order valence-electron chi connectivity index (χ3n) is 3.39. The molecular formula is C17H16F3NO3. The maximum absolute atomic E-state index is 12.6. The van der Waals surface area contributed by atoms with E-state index in [9.17, 15) is 28.2 Å². The molecule has 0 aliphatic heterocycles. The highest BCUT2D eigenvalue weighted by atomic mass is 19.4. The quantitative estimate of drug-likeness (QED) is 0.734. The Balaban J connectivity index is 1.86. The Kier molecular flexibility index (Phi) is 5.33. The van der Waals surface area contributed by atoms with E-state index in [1.54, 1.807) is 6.07 Å². The van der Waals surface area contributed by atoms with E-state index in [1.165, 1.54) is 24.3 Å². The lowest BCUT2D eigenvalue weighted by Gasteiger charge is -2.09. The number of alkyl halides is 3. The molecule has 0 spiro atoms. The average molecular weight is 339 g/mol. The van der Waals surface area contributed by atoms with E-state index in [0.717, 1.165) is 12.1 Å². The minimum absolute atomic E-state index is 0.148. The van der Waals surface area contributed by atoms with Gasteiger partial charge in [-0.25, -0.2) is 0 Å². The van der Waals surface area contributed by atoms with E-state index in [4.69, 9.17) is 0 Å². The molecule has 1 amide bonds. The molecule has 7 heteroatoms. The molecule has 2 aromatic carbocycles. The van der Waals surface area contributed by atoms with Crippen LogP contribution in [0, 0.1) is 0 Å². The summed E-state index contributed by atoms with van der Waals surface area (Å²) in [6.45, 7) is 0.266. The van der Waals surface area contributed by atoms with Gasteiger partial charge in [0.15, 0.2) is 11.5 Å². The van der Waals surface area contributed by atoms with Gasteiger partial charge >= 0.3 is 6.18 Å². The van der Waals surface area contributed by atoms with Crippen molar-refractivity contribution in [3.8, 4) is 11.5 Å². The van der Waals surface area contributed by atoms with Crippen LogP contribution in [0.15, 0.2) is 42.5 Å². The lowest BCUT2D eigenvalue weighted by Crippen LogP contribution is -2.27. The topological polar surface area (TPSA) is 69.6 Å². The SMILES string of the molecule is O=C(Cc1cccc(C(F)(F)F)c1)NCCc1ccc(O)c(O)c1. The molecule has 0 aromatic heterocycles. The number of halogens is 3. The normalized spacial score (nSPS) is 11.3. The highest BCUT2D eigenvalue weighted by molar-refractivity contribution is 5.78. The summed E-state index contributed by atoms with van der Waals surface area (Å²) < 4.78 is 37.9.